The number of aromatic nitrogens is 2. The van der Waals surface area contributed by atoms with Crippen LogP contribution in [0.2, 0.25) is 0 Å². The van der Waals surface area contributed by atoms with E-state index in [2.05, 4.69) is 26.2 Å². The average Bonchev–Trinajstić information content (AvgIpc) is 3.46. The van der Waals surface area contributed by atoms with Crippen LogP contribution in [0, 0.1) is 0 Å². The summed E-state index contributed by atoms with van der Waals surface area (Å²) in [6, 6.07) is 14.9. The number of nitrogens with one attached hydrogen (secondary N) is 1. The van der Waals surface area contributed by atoms with Gasteiger partial charge in [-0.15, -0.1) is 0 Å². The second-order valence-electron chi connectivity index (χ2n) is 13.2. The van der Waals surface area contributed by atoms with Gasteiger partial charge >= 0.3 is 30.5 Å². The summed E-state index contributed by atoms with van der Waals surface area (Å²) in [5, 5.41) is 18.3. The highest BCUT2D eigenvalue weighted by molar-refractivity contribution is 6.02. The molecule has 57 heavy (non-hydrogen) atoms. The topological polar surface area (TPSA) is 145 Å². The molecule has 0 aliphatic carbocycles. The Balaban J connectivity index is 0.000000440. The van der Waals surface area contributed by atoms with Gasteiger partial charge in [-0.1, -0.05) is 18.2 Å². The van der Waals surface area contributed by atoms with E-state index < -0.39 is 36.0 Å². The molecule has 0 saturated carbocycles. The van der Waals surface area contributed by atoms with Gasteiger partial charge in [0.1, 0.15) is 0 Å². The number of carboxylic acids is 2. The highest BCUT2D eigenvalue weighted by Crippen LogP contribution is 2.33. The first-order valence-corrected chi connectivity index (χ1v) is 17.1. The third-order valence-electron chi connectivity index (χ3n) is 9.03. The molecule has 2 aromatic carbocycles. The SMILES string of the molecule is CC(=O)n1c2c(c3cc(C(=O)NC4CCN(Cc5cccnc5)CC4)ccc31)CN(Cc1ccc(C(F)(F)F)cc1)CC2.O=C(O)C(F)(F)F.O=C(O)C(F)(F)F. The zero-order chi connectivity index (χ0) is 42.3. The molecule has 0 unspecified atom stereocenters. The molecule has 308 valence electrons. The van der Waals surface area contributed by atoms with Gasteiger partial charge in [0.15, 0.2) is 0 Å². The van der Waals surface area contributed by atoms with Crippen LogP contribution in [0.3, 0.4) is 0 Å². The standard InChI is InChI=1S/C33H34F3N5O2.2C2HF3O2/c1-22(42)41-30-9-6-25(32(43)38-27-10-14-39(15-11-27)20-24-3-2-13-37-18-24)17-28(30)29-21-40(16-12-31(29)41)19-23-4-7-26(8-5-23)33(34,35)36;2*3-2(4,5)1(6)7/h2-9,13,17-18,27H,10-12,14-16,19-21H2,1H3,(H,38,43);2*(H,6,7). The number of carbonyl (C=O) groups excluding carboxylic acids is 2. The predicted octanol–water partition coefficient (Wildman–Crippen LogP) is 6.93. The van der Waals surface area contributed by atoms with E-state index in [0.29, 0.717) is 31.6 Å². The number of carboxylic acid groups (broad SMARTS) is 2. The van der Waals surface area contributed by atoms with E-state index in [1.54, 1.807) is 16.8 Å². The Labute approximate surface area is 318 Å². The second-order valence-corrected chi connectivity index (χ2v) is 13.2. The van der Waals surface area contributed by atoms with Crippen molar-refractivity contribution in [2.45, 2.75) is 70.4 Å². The molecule has 20 heteroatoms. The summed E-state index contributed by atoms with van der Waals surface area (Å²) >= 11 is 0. The maximum absolute atomic E-state index is 13.3. The number of benzene rings is 2. The van der Waals surface area contributed by atoms with Crippen molar-refractivity contribution in [3.05, 3.63) is 101 Å². The van der Waals surface area contributed by atoms with E-state index in [-0.39, 0.29) is 17.9 Å². The number of hydrogen-bond donors (Lipinski definition) is 3. The fourth-order valence-corrected chi connectivity index (χ4v) is 6.36. The number of nitrogens with zero attached hydrogens (tertiary/aromatic N) is 4. The summed E-state index contributed by atoms with van der Waals surface area (Å²) in [5.74, 6) is -5.73. The lowest BCUT2D eigenvalue weighted by atomic mass is 10.0. The molecule has 4 aromatic rings. The minimum Gasteiger partial charge on any atom is -0.475 e. The van der Waals surface area contributed by atoms with E-state index >= 15 is 0 Å². The lowest BCUT2D eigenvalue weighted by Gasteiger charge is -2.32. The lowest BCUT2D eigenvalue weighted by Crippen LogP contribution is -2.44. The summed E-state index contributed by atoms with van der Waals surface area (Å²) in [7, 11) is 0. The molecule has 1 amide bonds. The monoisotopic (exact) mass is 817 g/mol. The molecule has 0 spiro atoms. The first kappa shape index (κ1) is 44.2. The molecular weight excluding hydrogens is 781 g/mol. The first-order chi connectivity index (χ1) is 26.5. The Hall–Kier alpha value is -5.50. The zero-order valence-corrected chi connectivity index (χ0v) is 30.0. The van der Waals surface area contributed by atoms with Gasteiger partial charge in [-0.05, 0) is 65.9 Å². The Bertz CT molecular complexity index is 2020. The number of likely N-dealkylation sites (tertiary alicyclic amines) is 1. The van der Waals surface area contributed by atoms with Crippen molar-refractivity contribution in [2.24, 2.45) is 0 Å². The van der Waals surface area contributed by atoms with Crippen LogP contribution in [0.5, 0.6) is 0 Å². The molecule has 1 saturated heterocycles. The third kappa shape index (κ3) is 12.2. The van der Waals surface area contributed by atoms with E-state index in [0.717, 1.165) is 72.3 Å². The van der Waals surface area contributed by atoms with Crippen LogP contribution in [0.15, 0.2) is 67.0 Å². The zero-order valence-electron chi connectivity index (χ0n) is 30.0. The van der Waals surface area contributed by atoms with Gasteiger partial charge in [-0.3, -0.25) is 28.9 Å². The van der Waals surface area contributed by atoms with Crippen molar-refractivity contribution in [2.75, 3.05) is 19.6 Å². The van der Waals surface area contributed by atoms with E-state index in [4.69, 9.17) is 19.8 Å². The number of rotatable bonds is 6. The number of pyridine rings is 1. The minimum atomic E-state index is -5.08. The van der Waals surface area contributed by atoms with Crippen molar-refractivity contribution in [1.29, 1.82) is 0 Å². The van der Waals surface area contributed by atoms with Crippen molar-refractivity contribution < 1.29 is 68.9 Å². The van der Waals surface area contributed by atoms with Crippen LogP contribution >= 0.6 is 0 Å². The fraction of sp³-hybridized carbons (Fsp3) is 0.378. The molecule has 2 aliphatic heterocycles. The largest absolute Gasteiger partial charge is 0.490 e. The quantitative estimate of drug-likeness (QED) is 0.177. The number of amides is 1. The normalized spacial score (nSPS) is 15.4. The lowest BCUT2D eigenvalue weighted by molar-refractivity contribution is -0.193. The van der Waals surface area contributed by atoms with Gasteiger partial charge in [0.25, 0.3) is 5.91 Å². The van der Waals surface area contributed by atoms with E-state index in [1.165, 1.54) is 24.6 Å². The molecule has 0 atom stereocenters. The fourth-order valence-electron chi connectivity index (χ4n) is 6.36. The van der Waals surface area contributed by atoms with Gasteiger partial charge in [0.05, 0.1) is 11.1 Å². The van der Waals surface area contributed by atoms with Gasteiger partial charge in [-0.2, -0.15) is 39.5 Å². The molecule has 0 bridgehead atoms. The van der Waals surface area contributed by atoms with Crippen molar-refractivity contribution >= 4 is 34.7 Å². The number of carbonyl (C=O) groups is 4. The second kappa shape index (κ2) is 18.2. The van der Waals surface area contributed by atoms with Gasteiger partial charge in [0.2, 0.25) is 5.91 Å². The van der Waals surface area contributed by atoms with Crippen LogP contribution in [0.1, 0.15) is 62.9 Å². The van der Waals surface area contributed by atoms with E-state index in [1.807, 2.05) is 24.4 Å². The smallest absolute Gasteiger partial charge is 0.475 e. The molecule has 6 rings (SSSR count). The van der Waals surface area contributed by atoms with Crippen LogP contribution in [-0.2, 0) is 41.8 Å². The van der Waals surface area contributed by atoms with Crippen molar-refractivity contribution in [3.8, 4) is 0 Å². The predicted molar refractivity (Wildman–Crippen MR) is 185 cm³/mol. The van der Waals surface area contributed by atoms with Crippen LogP contribution in [-0.4, -0.2) is 91.3 Å². The summed E-state index contributed by atoms with van der Waals surface area (Å²) in [6.07, 6.45) is -8.52. The molecule has 2 aromatic heterocycles. The Kier molecular flexibility index (Phi) is 14.1. The maximum atomic E-state index is 13.3. The third-order valence-corrected chi connectivity index (χ3v) is 9.03. The highest BCUT2D eigenvalue weighted by Gasteiger charge is 2.39. The summed E-state index contributed by atoms with van der Waals surface area (Å²) < 4.78 is 104. The molecule has 2 aliphatic rings. The molecule has 1 fully saturated rings. The number of fused-ring (bicyclic) bond motifs is 3. The summed E-state index contributed by atoms with van der Waals surface area (Å²) in [6.45, 7) is 5.86. The van der Waals surface area contributed by atoms with Crippen molar-refractivity contribution in [1.82, 2.24) is 24.7 Å². The van der Waals surface area contributed by atoms with Crippen molar-refractivity contribution in [3.63, 3.8) is 0 Å². The Morgan fingerprint density at radius 3 is 1.88 bits per heavy atom. The van der Waals surface area contributed by atoms with Crippen LogP contribution < -0.4 is 5.32 Å². The molecule has 3 N–H and O–H groups in total. The van der Waals surface area contributed by atoms with Crippen LogP contribution in [0.4, 0.5) is 39.5 Å². The molecule has 0 radical (unpaired) electrons. The molecular formula is C37H36F9N5O6. The number of hydrogen-bond acceptors (Lipinski definition) is 7. The van der Waals surface area contributed by atoms with Crippen LogP contribution in [0.25, 0.3) is 10.9 Å². The van der Waals surface area contributed by atoms with Gasteiger partial charge in [-0.25, -0.2) is 9.59 Å². The van der Waals surface area contributed by atoms with E-state index in [9.17, 15) is 49.1 Å². The maximum Gasteiger partial charge on any atom is 0.490 e. The molecule has 4 heterocycles. The average molecular weight is 818 g/mol. The number of aliphatic carboxylic acids is 2. The summed E-state index contributed by atoms with van der Waals surface area (Å²) in [4.78, 5) is 52.5. The first-order valence-electron chi connectivity index (χ1n) is 17.1. The summed E-state index contributed by atoms with van der Waals surface area (Å²) in [5.41, 5.74) is 4.55. The van der Waals surface area contributed by atoms with Gasteiger partial charge < -0.3 is 15.5 Å². The molecule has 11 nitrogen and oxygen atoms in total. The van der Waals surface area contributed by atoms with Gasteiger partial charge in [0, 0.05) is 87.7 Å². The number of halogens is 9. The minimum absolute atomic E-state index is 0.0855. The Morgan fingerprint density at radius 1 is 0.789 bits per heavy atom. The number of piperidine rings is 1. The highest BCUT2D eigenvalue weighted by atomic mass is 19.4. The number of alkyl halides is 9. The Morgan fingerprint density at radius 2 is 1.37 bits per heavy atom.